The molecule has 100 valence electrons. The van der Waals surface area contributed by atoms with E-state index >= 15 is 0 Å². The van der Waals surface area contributed by atoms with Crippen LogP contribution >= 0.6 is 15.9 Å². The molecule has 0 bridgehead atoms. The molecule has 2 aromatic heterocycles. The first kappa shape index (κ1) is 12.6. The third-order valence-electron chi connectivity index (χ3n) is 3.68. The minimum Gasteiger partial charge on any atom is -0.339 e. The molecule has 1 saturated heterocycles. The average Bonchev–Trinajstić information content (AvgIpc) is 2.90. The van der Waals surface area contributed by atoms with E-state index in [2.05, 4.69) is 26.0 Å². The minimum atomic E-state index is 0.0658. The van der Waals surface area contributed by atoms with Gasteiger partial charge in [0.15, 0.2) is 0 Å². The van der Waals surface area contributed by atoms with Crippen molar-refractivity contribution >= 4 is 27.4 Å². The van der Waals surface area contributed by atoms with E-state index in [0.29, 0.717) is 11.5 Å². The third-order valence-corrected chi connectivity index (χ3v) is 4.59. The number of amides is 1. The van der Waals surface area contributed by atoms with E-state index in [1.54, 1.807) is 29.3 Å². The van der Waals surface area contributed by atoms with Crippen molar-refractivity contribution in [3.63, 3.8) is 0 Å². The summed E-state index contributed by atoms with van der Waals surface area (Å²) in [6, 6.07) is 0. The molecular weight excluding hydrogens is 308 g/mol. The van der Waals surface area contributed by atoms with Gasteiger partial charge >= 0.3 is 0 Å². The first-order valence-corrected chi connectivity index (χ1v) is 7.54. The molecule has 6 heteroatoms. The van der Waals surface area contributed by atoms with E-state index in [4.69, 9.17) is 0 Å². The van der Waals surface area contributed by atoms with Gasteiger partial charge in [-0.25, -0.2) is 4.52 Å². The lowest BCUT2D eigenvalue weighted by Gasteiger charge is -2.30. The second-order valence-corrected chi connectivity index (χ2v) is 5.50. The maximum Gasteiger partial charge on any atom is 0.257 e. The third kappa shape index (κ3) is 2.36. The van der Waals surface area contributed by atoms with Crippen molar-refractivity contribution in [3.8, 4) is 0 Å². The summed E-state index contributed by atoms with van der Waals surface area (Å²) in [5.74, 6) is 0.755. The Morgan fingerprint density at radius 3 is 2.89 bits per heavy atom. The summed E-state index contributed by atoms with van der Waals surface area (Å²) < 4.78 is 1.69. The molecule has 1 aliphatic rings. The number of fused-ring (bicyclic) bond motifs is 1. The highest BCUT2D eigenvalue weighted by molar-refractivity contribution is 9.09. The molecule has 2 aromatic rings. The zero-order valence-electron chi connectivity index (χ0n) is 10.5. The lowest BCUT2D eigenvalue weighted by Crippen LogP contribution is -2.38. The quantitative estimate of drug-likeness (QED) is 0.794. The SMILES string of the molecule is O=C(c1cnn2ccncc12)N1CCC(CBr)CC1. The number of nitrogens with zero attached hydrogens (tertiary/aromatic N) is 4. The molecule has 1 aliphatic heterocycles. The minimum absolute atomic E-state index is 0.0658. The number of rotatable bonds is 2. The van der Waals surface area contributed by atoms with Crippen molar-refractivity contribution in [2.75, 3.05) is 18.4 Å². The van der Waals surface area contributed by atoms with Crippen LogP contribution in [0.1, 0.15) is 23.2 Å². The first-order chi connectivity index (χ1) is 9.29. The molecule has 19 heavy (non-hydrogen) atoms. The summed E-state index contributed by atoms with van der Waals surface area (Å²) in [6.45, 7) is 1.65. The number of aromatic nitrogens is 3. The number of halogens is 1. The van der Waals surface area contributed by atoms with Gasteiger partial charge in [0.1, 0.15) is 0 Å². The molecule has 0 N–H and O–H groups in total. The van der Waals surface area contributed by atoms with E-state index in [1.165, 1.54) is 0 Å². The van der Waals surface area contributed by atoms with E-state index in [1.807, 2.05) is 4.90 Å². The van der Waals surface area contributed by atoms with Crippen molar-refractivity contribution < 1.29 is 4.79 Å². The van der Waals surface area contributed by atoms with Gasteiger partial charge < -0.3 is 4.90 Å². The van der Waals surface area contributed by atoms with Gasteiger partial charge in [-0.3, -0.25) is 9.78 Å². The van der Waals surface area contributed by atoms with Crippen LogP contribution in [0, 0.1) is 5.92 Å². The predicted molar refractivity (Wildman–Crippen MR) is 75.4 cm³/mol. The Labute approximate surface area is 119 Å². The van der Waals surface area contributed by atoms with E-state index in [-0.39, 0.29) is 5.91 Å². The molecule has 0 unspecified atom stereocenters. The molecule has 5 nitrogen and oxygen atoms in total. The van der Waals surface area contributed by atoms with Crippen LogP contribution in [0.4, 0.5) is 0 Å². The van der Waals surface area contributed by atoms with Crippen molar-refractivity contribution in [3.05, 3.63) is 30.4 Å². The smallest absolute Gasteiger partial charge is 0.257 e. The molecule has 0 saturated carbocycles. The summed E-state index contributed by atoms with van der Waals surface area (Å²) in [7, 11) is 0. The maximum atomic E-state index is 12.5. The van der Waals surface area contributed by atoms with Crippen LogP contribution in [0.25, 0.3) is 5.52 Å². The first-order valence-electron chi connectivity index (χ1n) is 6.42. The van der Waals surface area contributed by atoms with E-state index < -0.39 is 0 Å². The second kappa shape index (κ2) is 5.28. The molecule has 0 spiro atoms. The van der Waals surface area contributed by atoms with Crippen LogP contribution in [0.2, 0.25) is 0 Å². The van der Waals surface area contributed by atoms with Crippen LogP contribution in [0.3, 0.4) is 0 Å². The molecule has 1 fully saturated rings. The zero-order chi connectivity index (χ0) is 13.2. The van der Waals surface area contributed by atoms with Gasteiger partial charge in [0.05, 0.1) is 23.5 Å². The van der Waals surface area contributed by atoms with Gasteiger partial charge in [0, 0.05) is 30.8 Å². The van der Waals surface area contributed by atoms with Crippen molar-refractivity contribution in [2.45, 2.75) is 12.8 Å². The number of carbonyl (C=O) groups excluding carboxylic acids is 1. The fourth-order valence-electron chi connectivity index (χ4n) is 2.46. The normalized spacial score (nSPS) is 17.0. The lowest BCUT2D eigenvalue weighted by atomic mass is 9.99. The highest BCUT2D eigenvalue weighted by Gasteiger charge is 2.24. The van der Waals surface area contributed by atoms with Crippen LogP contribution in [0.5, 0.6) is 0 Å². The predicted octanol–water partition coefficient (Wildman–Crippen LogP) is 1.98. The fourth-order valence-corrected chi connectivity index (χ4v) is 3.11. The molecule has 1 amide bonds. The van der Waals surface area contributed by atoms with Gasteiger partial charge in [-0.1, -0.05) is 15.9 Å². The lowest BCUT2D eigenvalue weighted by molar-refractivity contribution is 0.0701. The Kier molecular flexibility index (Phi) is 3.50. The molecule has 3 rings (SSSR count). The summed E-state index contributed by atoms with van der Waals surface area (Å²) in [5.41, 5.74) is 1.42. The second-order valence-electron chi connectivity index (χ2n) is 4.85. The highest BCUT2D eigenvalue weighted by atomic mass is 79.9. The number of carbonyl (C=O) groups is 1. The molecular formula is C13H15BrN4O. The van der Waals surface area contributed by atoms with Crippen molar-refractivity contribution in [1.29, 1.82) is 0 Å². The van der Waals surface area contributed by atoms with Gasteiger partial charge in [-0.15, -0.1) is 0 Å². The standard InChI is InChI=1S/C13H15BrN4O/c14-7-10-1-4-17(5-2-10)13(19)11-8-16-18-6-3-15-9-12(11)18/h3,6,8-10H,1-2,4-5,7H2. The number of piperidine rings is 1. The monoisotopic (exact) mass is 322 g/mol. The van der Waals surface area contributed by atoms with E-state index in [9.17, 15) is 4.79 Å². The van der Waals surface area contributed by atoms with Gasteiger partial charge in [-0.05, 0) is 18.8 Å². The Morgan fingerprint density at radius 1 is 1.37 bits per heavy atom. The van der Waals surface area contributed by atoms with E-state index in [0.717, 1.165) is 36.8 Å². The maximum absolute atomic E-state index is 12.5. The topological polar surface area (TPSA) is 50.5 Å². The zero-order valence-corrected chi connectivity index (χ0v) is 12.1. The summed E-state index contributed by atoms with van der Waals surface area (Å²) in [6.07, 6.45) is 8.86. The van der Waals surface area contributed by atoms with Crippen LogP contribution in [-0.4, -0.2) is 43.8 Å². The summed E-state index contributed by atoms with van der Waals surface area (Å²) in [5, 5.41) is 5.21. The molecule has 0 radical (unpaired) electrons. The molecule has 3 heterocycles. The van der Waals surface area contributed by atoms with Gasteiger partial charge in [0.25, 0.3) is 5.91 Å². The van der Waals surface area contributed by atoms with Crippen LogP contribution in [-0.2, 0) is 0 Å². The average molecular weight is 323 g/mol. The summed E-state index contributed by atoms with van der Waals surface area (Å²) >= 11 is 3.51. The molecule has 0 aromatic carbocycles. The largest absolute Gasteiger partial charge is 0.339 e. The van der Waals surface area contributed by atoms with Crippen molar-refractivity contribution in [2.24, 2.45) is 5.92 Å². The fraction of sp³-hybridized carbons (Fsp3) is 0.462. The number of hydrogen-bond acceptors (Lipinski definition) is 3. The molecule has 0 atom stereocenters. The Morgan fingerprint density at radius 2 is 2.16 bits per heavy atom. The van der Waals surface area contributed by atoms with Crippen LogP contribution in [0.15, 0.2) is 24.8 Å². The highest BCUT2D eigenvalue weighted by Crippen LogP contribution is 2.21. The Balaban J connectivity index is 1.81. The van der Waals surface area contributed by atoms with Gasteiger partial charge in [0.2, 0.25) is 0 Å². The molecule has 0 aliphatic carbocycles. The number of alkyl halides is 1. The van der Waals surface area contributed by atoms with Crippen LogP contribution < -0.4 is 0 Å². The Hall–Kier alpha value is -1.43. The number of hydrogen-bond donors (Lipinski definition) is 0. The summed E-state index contributed by atoms with van der Waals surface area (Å²) in [4.78, 5) is 18.5. The van der Waals surface area contributed by atoms with Crippen molar-refractivity contribution in [1.82, 2.24) is 19.5 Å². The Bertz CT molecular complexity index is 589. The number of likely N-dealkylation sites (tertiary alicyclic amines) is 1. The van der Waals surface area contributed by atoms with Gasteiger partial charge in [-0.2, -0.15) is 5.10 Å².